The molecule has 0 aliphatic carbocycles. The van der Waals surface area contributed by atoms with E-state index in [4.69, 9.17) is 0 Å². The second kappa shape index (κ2) is 24.7. The highest BCUT2D eigenvalue weighted by molar-refractivity contribution is 4.96. The van der Waals surface area contributed by atoms with Gasteiger partial charge >= 0.3 is 0 Å². The first-order valence-corrected chi connectivity index (χ1v) is 26.7. The summed E-state index contributed by atoms with van der Waals surface area (Å²) in [6.07, 6.45) is 27.2. The highest BCUT2D eigenvalue weighted by atomic mass is 15.2. The summed E-state index contributed by atoms with van der Waals surface area (Å²) in [7, 11) is 0. The SMILES string of the molecule is Cc1cn(C[C@@H]2CCCN(C(C)(C)C)C2)cn1.Cc1cn(C[C@@H]2CCCN(C(C)(C)C)C2)cn1.Cc1cn(C[C@H]2CCCN(C(C)(C)C)C2)cn1.Cc1cn(C[C@H]2CCCN(C(C)(C)C)C2)cn1. The summed E-state index contributed by atoms with van der Waals surface area (Å²) in [5.41, 5.74) is 5.71. The molecule has 4 aliphatic rings. The monoisotopic (exact) mass is 941 g/mol. The zero-order valence-electron chi connectivity index (χ0n) is 46.4. The van der Waals surface area contributed by atoms with Gasteiger partial charge in [-0.2, -0.15) is 0 Å². The molecule has 0 spiro atoms. The molecule has 0 bridgehead atoms. The van der Waals surface area contributed by atoms with Crippen molar-refractivity contribution in [2.45, 2.75) is 210 Å². The van der Waals surface area contributed by atoms with Crippen LogP contribution in [-0.4, -0.2) is 132 Å². The summed E-state index contributed by atoms with van der Waals surface area (Å²) in [5, 5.41) is 0. The Kier molecular flexibility index (Phi) is 20.2. The van der Waals surface area contributed by atoms with Gasteiger partial charge in [0, 0.05) is 99.3 Å². The normalized spacial score (nSPS) is 22.9. The van der Waals surface area contributed by atoms with Crippen molar-refractivity contribution in [1.82, 2.24) is 57.8 Å². The van der Waals surface area contributed by atoms with Crippen molar-refractivity contribution in [2.24, 2.45) is 23.7 Å². The molecule has 0 aromatic carbocycles. The van der Waals surface area contributed by atoms with Gasteiger partial charge in [0.05, 0.1) is 48.1 Å². The molecule has 4 fully saturated rings. The Morgan fingerprint density at radius 2 is 0.544 bits per heavy atom. The van der Waals surface area contributed by atoms with Crippen LogP contribution in [0.2, 0.25) is 0 Å². The molecule has 0 amide bonds. The highest BCUT2D eigenvalue weighted by Crippen LogP contribution is 2.28. The van der Waals surface area contributed by atoms with Crippen molar-refractivity contribution in [1.29, 1.82) is 0 Å². The van der Waals surface area contributed by atoms with Crippen LogP contribution in [0.3, 0.4) is 0 Å². The topological polar surface area (TPSA) is 84.2 Å². The van der Waals surface area contributed by atoms with E-state index < -0.39 is 0 Å². The Balaban J connectivity index is 0.000000169. The van der Waals surface area contributed by atoms with E-state index in [1.807, 2.05) is 25.3 Å². The smallest absolute Gasteiger partial charge is 0.0949 e. The van der Waals surface area contributed by atoms with Crippen LogP contribution in [0.25, 0.3) is 0 Å². The van der Waals surface area contributed by atoms with E-state index in [1.54, 1.807) is 0 Å². The minimum atomic E-state index is 0.309. The van der Waals surface area contributed by atoms with Crippen molar-refractivity contribution < 1.29 is 0 Å². The van der Waals surface area contributed by atoms with Crippen LogP contribution in [0, 0.1) is 51.4 Å². The number of hydrogen-bond acceptors (Lipinski definition) is 8. The minimum Gasteiger partial charge on any atom is -0.337 e. The van der Waals surface area contributed by atoms with Gasteiger partial charge in [0.15, 0.2) is 0 Å². The first kappa shape index (κ1) is 55.6. The number of rotatable bonds is 8. The zero-order valence-corrected chi connectivity index (χ0v) is 46.4. The molecule has 384 valence electrons. The lowest BCUT2D eigenvalue weighted by Crippen LogP contribution is -2.47. The molecule has 0 unspecified atom stereocenters. The first-order valence-electron chi connectivity index (χ1n) is 26.7. The lowest BCUT2D eigenvalue weighted by atomic mass is 9.93. The summed E-state index contributed by atoms with van der Waals surface area (Å²) < 4.78 is 8.97. The van der Waals surface area contributed by atoms with Gasteiger partial charge in [0.25, 0.3) is 0 Å². The van der Waals surface area contributed by atoms with Gasteiger partial charge in [-0.1, -0.05) is 0 Å². The molecular formula is C56H100N12. The van der Waals surface area contributed by atoms with Gasteiger partial charge in [-0.25, -0.2) is 19.9 Å². The third-order valence-corrected chi connectivity index (χ3v) is 14.8. The van der Waals surface area contributed by atoms with Crippen molar-refractivity contribution in [2.75, 3.05) is 52.4 Å². The second-order valence-electron chi connectivity index (χ2n) is 25.3. The summed E-state index contributed by atoms with van der Waals surface area (Å²) in [5.74, 6) is 3.10. The van der Waals surface area contributed by atoms with E-state index in [1.165, 1.54) is 104 Å². The molecule has 4 aliphatic heterocycles. The summed E-state index contributed by atoms with van der Waals surface area (Å²) in [6.45, 7) is 50.4. The van der Waals surface area contributed by atoms with E-state index in [9.17, 15) is 0 Å². The lowest BCUT2D eigenvalue weighted by molar-refractivity contribution is 0.0733. The Morgan fingerprint density at radius 1 is 0.353 bits per heavy atom. The Bertz CT molecular complexity index is 1740. The Hall–Kier alpha value is -3.32. The first-order chi connectivity index (χ1) is 31.8. The van der Waals surface area contributed by atoms with Gasteiger partial charge in [-0.05, 0) is 212 Å². The number of hydrogen-bond donors (Lipinski definition) is 0. The van der Waals surface area contributed by atoms with Gasteiger partial charge < -0.3 is 18.3 Å². The highest BCUT2D eigenvalue weighted by Gasteiger charge is 2.31. The molecule has 8 rings (SSSR count). The molecule has 4 saturated heterocycles. The van der Waals surface area contributed by atoms with Crippen molar-refractivity contribution in [3.05, 3.63) is 72.9 Å². The van der Waals surface area contributed by atoms with Crippen LogP contribution in [0.15, 0.2) is 50.1 Å². The molecule has 0 N–H and O–H groups in total. The van der Waals surface area contributed by atoms with Crippen molar-refractivity contribution >= 4 is 0 Å². The molecular weight excluding hydrogens is 841 g/mol. The molecule has 12 nitrogen and oxygen atoms in total. The minimum absolute atomic E-state index is 0.309. The molecule has 4 atom stereocenters. The van der Waals surface area contributed by atoms with Crippen LogP contribution in [0.4, 0.5) is 0 Å². The van der Waals surface area contributed by atoms with Crippen LogP contribution >= 0.6 is 0 Å². The fraction of sp³-hybridized carbons (Fsp3) is 0.786. The molecule has 4 aromatic heterocycles. The zero-order chi connectivity index (χ0) is 49.9. The summed E-state index contributed by atoms with van der Waals surface area (Å²) >= 11 is 0. The number of likely N-dealkylation sites (tertiary alicyclic amines) is 4. The standard InChI is InChI=1S/4C14H25N3/c4*1-12-8-16(11-15-12)9-13-6-5-7-17(10-13)14(2,3)4/h4*8,11,13H,5-7,9-10H2,1-4H3/t4*13-/m1100/s1. The maximum absolute atomic E-state index is 4.30. The average Bonchev–Trinajstić information content (AvgIpc) is 4.07. The van der Waals surface area contributed by atoms with Crippen LogP contribution in [-0.2, 0) is 26.2 Å². The van der Waals surface area contributed by atoms with E-state index in [0.717, 1.165) is 72.6 Å². The van der Waals surface area contributed by atoms with Gasteiger partial charge in [-0.3, -0.25) is 19.6 Å². The molecule has 12 heteroatoms. The number of nitrogens with zero attached hydrogens (tertiary/aromatic N) is 12. The maximum Gasteiger partial charge on any atom is 0.0949 e. The van der Waals surface area contributed by atoms with Gasteiger partial charge in [-0.15, -0.1) is 0 Å². The van der Waals surface area contributed by atoms with E-state index in [0.29, 0.717) is 22.2 Å². The molecule has 8 heterocycles. The van der Waals surface area contributed by atoms with E-state index in [2.05, 4.69) is 193 Å². The quantitative estimate of drug-likeness (QED) is 0.173. The van der Waals surface area contributed by atoms with Crippen LogP contribution in [0.1, 0.15) is 157 Å². The molecule has 0 saturated carbocycles. The third kappa shape index (κ3) is 18.8. The van der Waals surface area contributed by atoms with Crippen LogP contribution < -0.4 is 0 Å². The van der Waals surface area contributed by atoms with Crippen molar-refractivity contribution in [3.63, 3.8) is 0 Å². The number of aryl methyl sites for hydroxylation is 4. The summed E-state index contributed by atoms with van der Waals surface area (Å²) in [6, 6.07) is 0. The van der Waals surface area contributed by atoms with E-state index in [-0.39, 0.29) is 0 Å². The fourth-order valence-electron chi connectivity index (χ4n) is 10.8. The van der Waals surface area contributed by atoms with Gasteiger partial charge in [0.2, 0.25) is 0 Å². The number of piperidine rings is 4. The number of aromatic nitrogens is 8. The fourth-order valence-corrected chi connectivity index (χ4v) is 10.8. The predicted molar refractivity (Wildman–Crippen MR) is 284 cm³/mol. The molecule has 4 aromatic rings. The number of imidazole rings is 4. The summed E-state index contributed by atoms with van der Waals surface area (Å²) in [4.78, 5) is 27.7. The van der Waals surface area contributed by atoms with Gasteiger partial charge in [0.1, 0.15) is 0 Å². The Labute approximate surface area is 415 Å². The predicted octanol–water partition coefficient (Wildman–Crippen LogP) is 10.8. The Morgan fingerprint density at radius 3 is 0.691 bits per heavy atom. The third-order valence-electron chi connectivity index (χ3n) is 14.8. The van der Waals surface area contributed by atoms with Crippen molar-refractivity contribution in [3.8, 4) is 0 Å². The molecule has 0 radical (unpaired) electrons. The van der Waals surface area contributed by atoms with E-state index >= 15 is 0 Å². The molecule has 68 heavy (non-hydrogen) atoms. The van der Waals surface area contributed by atoms with Crippen LogP contribution in [0.5, 0.6) is 0 Å². The second-order valence-corrected chi connectivity index (χ2v) is 25.3. The largest absolute Gasteiger partial charge is 0.337 e. The average molecular weight is 941 g/mol. The maximum atomic E-state index is 4.30. The lowest BCUT2D eigenvalue weighted by Gasteiger charge is -2.41.